The van der Waals surface area contributed by atoms with Crippen LogP contribution < -0.4 is 21.3 Å². The highest BCUT2D eigenvalue weighted by atomic mass is 31.2. The summed E-state index contributed by atoms with van der Waals surface area (Å²) in [6, 6.07) is 0. The van der Waals surface area contributed by atoms with Crippen LogP contribution in [0.5, 0.6) is 0 Å². The van der Waals surface area contributed by atoms with Gasteiger partial charge in [-0.2, -0.15) is 0 Å². The van der Waals surface area contributed by atoms with Crippen LogP contribution in [0.15, 0.2) is 0 Å². The Morgan fingerprint density at radius 2 is 1.22 bits per heavy atom. The first kappa shape index (κ1) is 35.7. The first-order chi connectivity index (χ1) is 19.6. The number of amides is 4. The van der Waals surface area contributed by atoms with Crippen molar-refractivity contribution in [1.29, 1.82) is 0 Å². The molecule has 1 saturated carbocycles. The normalized spacial score (nSPS) is 17.9. The van der Waals surface area contributed by atoms with E-state index in [2.05, 4.69) is 39.0 Å². The van der Waals surface area contributed by atoms with Crippen LogP contribution in [0.4, 0.5) is 0 Å². The lowest BCUT2D eigenvalue weighted by Gasteiger charge is -2.37. The zero-order valence-electron chi connectivity index (χ0n) is 24.1. The molecule has 4 amide bonds. The van der Waals surface area contributed by atoms with Crippen molar-refractivity contribution in [3.05, 3.63) is 0 Å². The SMILES string of the molecule is C#CCNC(=O)CCC(CCC(=O)NCC#C)(CCC(=O)NCC#C)NC(=O)C1CCC(OP(=O)(CC)OC)CC1. The number of hydrogen-bond acceptors (Lipinski definition) is 7. The highest BCUT2D eigenvalue weighted by Crippen LogP contribution is 2.50. The Bertz CT molecular complexity index is 973. The number of hydrogen-bond donors (Lipinski definition) is 4. The van der Waals surface area contributed by atoms with Gasteiger partial charge in [0.2, 0.25) is 23.6 Å². The molecule has 0 saturated heterocycles. The van der Waals surface area contributed by atoms with Crippen LogP contribution in [0.3, 0.4) is 0 Å². The molecule has 41 heavy (non-hydrogen) atoms. The van der Waals surface area contributed by atoms with E-state index in [9.17, 15) is 23.7 Å². The maximum atomic E-state index is 13.6. The van der Waals surface area contributed by atoms with E-state index in [0.29, 0.717) is 25.7 Å². The summed E-state index contributed by atoms with van der Waals surface area (Å²) in [6.45, 7) is 1.90. The molecule has 1 aliphatic carbocycles. The minimum Gasteiger partial charge on any atom is -0.350 e. The van der Waals surface area contributed by atoms with E-state index in [1.165, 1.54) is 7.11 Å². The average molecular weight is 591 g/mol. The van der Waals surface area contributed by atoms with Gasteiger partial charge >= 0.3 is 7.60 Å². The van der Waals surface area contributed by atoms with Crippen molar-refractivity contribution in [2.24, 2.45) is 5.92 Å². The fourth-order valence-electron chi connectivity index (χ4n) is 4.60. The molecule has 0 bridgehead atoms. The summed E-state index contributed by atoms with van der Waals surface area (Å²) in [5, 5.41) is 10.9. The van der Waals surface area contributed by atoms with Crippen molar-refractivity contribution >= 4 is 31.2 Å². The van der Waals surface area contributed by atoms with Crippen molar-refractivity contribution < 1.29 is 32.8 Å². The largest absolute Gasteiger partial charge is 0.350 e. The lowest BCUT2D eigenvalue weighted by molar-refractivity contribution is -0.131. The summed E-state index contributed by atoms with van der Waals surface area (Å²) in [5.74, 6) is 5.47. The molecule has 0 aromatic heterocycles. The fraction of sp³-hybridized carbons (Fsp3) is 0.655. The molecule has 1 fully saturated rings. The Morgan fingerprint density at radius 1 is 0.805 bits per heavy atom. The molecule has 1 unspecified atom stereocenters. The van der Waals surface area contributed by atoms with Crippen molar-refractivity contribution in [2.45, 2.75) is 82.8 Å². The Labute approximate surface area is 243 Å². The zero-order valence-corrected chi connectivity index (χ0v) is 25.0. The monoisotopic (exact) mass is 590 g/mol. The summed E-state index contributed by atoms with van der Waals surface area (Å²) >= 11 is 0. The van der Waals surface area contributed by atoms with Gasteiger partial charge < -0.3 is 30.3 Å². The second-order valence-corrected chi connectivity index (χ2v) is 12.3. The molecule has 11 nitrogen and oxygen atoms in total. The molecule has 0 aromatic carbocycles. The standard InChI is InChI=1S/C29H43N4O7P/c1-6-20-30-25(34)14-17-29(18-15-26(35)31-21-7-2,19-16-27(36)32-22-8-3)33-28(37)23-10-12-24(13-11-23)40-41(38,9-4)39-5/h1-3,23-24H,9-22H2,4-5H3,(H,30,34)(H,31,35)(H,32,36)(H,33,37). The van der Waals surface area contributed by atoms with Crippen molar-refractivity contribution in [3.63, 3.8) is 0 Å². The molecule has 0 spiro atoms. The summed E-state index contributed by atoms with van der Waals surface area (Å²) < 4.78 is 23.3. The van der Waals surface area contributed by atoms with E-state index in [1.807, 2.05) is 0 Å². The van der Waals surface area contributed by atoms with Gasteiger partial charge in [-0.15, -0.1) is 19.3 Å². The lowest BCUT2D eigenvalue weighted by Crippen LogP contribution is -2.52. The summed E-state index contributed by atoms with van der Waals surface area (Å²) in [7, 11) is -1.80. The second-order valence-electron chi connectivity index (χ2n) is 9.90. The zero-order chi connectivity index (χ0) is 30.7. The first-order valence-corrected chi connectivity index (χ1v) is 15.5. The van der Waals surface area contributed by atoms with Crippen LogP contribution in [0.1, 0.15) is 71.1 Å². The average Bonchev–Trinajstić information content (AvgIpc) is 2.98. The second kappa shape index (κ2) is 18.9. The van der Waals surface area contributed by atoms with E-state index in [4.69, 9.17) is 28.3 Å². The molecular formula is C29H43N4O7P. The van der Waals surface area contributed by atoms with Crippen LogP contribution in [0.25, 0.3) is 0 Å². The van der Waals surface area contributed by atoms with Crippen LogP contribution in [-0.2, 0) is 32.8 Å². The summed E-state index contributed by atoms with van der Waals surface area (Å²) in [5.41, 5.74) is -1.05. The van der Waals surface area contributed by atoms with E-state index in [0.717, 1.165) is 0 Å². The van der Waals surface area contributed by atoms with Crippen LogP contribution in [0, 0.1) is 42.9 Å². The molecule has 1 rings (SSSR count). The molecular weight excluding hydrogens is 547 g/mol. The lowest BCUT2D eigenvalue weighted by atomic mass is 9.81. The summed E-state index contributed by atoms with van der Waals surface area (Å²) in [4.78, 5) is 50.8. The molecule has 0 aromatic rings. The molecule has 4 N–H and O–H groups in total. The van der Waals surface area contributed by atoms with Crippen LogP contribution >= 0.6 is 7.60 Å². The van der Waals surface area contributed by atoms with Gasteiger partial charge in [-0.05, 0) is 44.9 Å². The minimum atomic E-state index is -3.16. The molecule has 1 aliphatic rings. The van der Waals surface area contributed by atoms with Gasteiger partial charge in [-0.25, -0.2) is 0 Å². The van der Waals surface area contributed by atoms with Gasteiger partial charge in [-0.1, -0.05) is 24.7 Å². The highest BCUT2D eigenvalue weighted by Gasteiger charge is 2.37. The maximum absolute atomic E-state index is 13.6. The van der Waals surface area contributed by atoms with Crippen molar-refractivity contribution in [3.8, 4) is 37.0 Å². The predicted octanol–water partition coefficient (Wildman–Crippen LogP) is 1.87. The van der Waals surface area contributed by atoms with Gasteiger partial charge in [0.05, 0.1) is 25.7 Å². The van der Waals surface area contributed by atoms with Gasteiger partial charge in [0, 0.05) is 44.0 Å². The topological polar surface area (TPSA) is 152 Å². The van der Waals surface area contributed by atoms with Gasteiger partial charge in [-0.3, -0.25) is 23.7 Å². The van der Waals surface area contributed by atoms with Gasteiger partial charge in [0.1, 0.15) is 0 Å². The van der Waals surface area contributed by atoms with Crippen LogP contribution in [0.2, 0.25) is 0 Å². The smallest absolute Gasteiger partial charge is 0.330 e. The van der Waals surface area contributed by atoms with E-state index in [-0.39, 0.29) is 100.0 Å². The third kappa shape index (κ3) is 13.8. The molecule has 0 radical (unpaired) electrons. The third-order valence-corrected chi connectivity index (χ3v) is 9.01. The fourth-order valence-corrected chi connectivity index (χ4v) is 5.76. The highest BCUT2D eigenvalue weighted by molar-refractivity contribution is 7.53. The number of terminal acetylenes is 3. The summed E-state index contributed by atoms with van der Waals surface area (Å²) in [6.07, 6.45) is 18.3. The Hall–Kier alpha value is -3.29. The van der Waals surface area contributed by atoms with E-state index in [1.54, 1.807) is 6.92 Å². The van der Waals surface area contributed by atoms with Gasteiger partial charge in [0.15, 0.2) is 0 Å². The maximum Gasteiger partial charge on any atom is 0.330 e. The Morgan fingerprint density at radius 3 is 1.56 bits per heavy atom. The van der Waals surface area contributed by atoms with Crippen molar-refractivity contribution in [1.82, 2.24) is 21.3 Å². The molecule has 0 heterocycles. The number of carbonyl (C=O) groups excluding carboxylic acids is 4. The Kier molecular flexibility index (Phi) is 16.5. The first-order valence-electron chi connectivity index (χ1n) is 13.8. The number of carbonyl (C=O) groups is 4. The molecule has 0 aliphatic heterocycles. The van der Waals surface area contributed by atoms with Crippen LogP contribution in [-0.4, -0.2) is 68.2 Å². The van der Waals surface area contributed by atoms with Gasteiger partial charge in [0.25, 0.3) is 0 Å². The van der Waals surface area contributed by atoms with E-state index < -0.39 is 13.1 Å². The van der Waals surface area contributed by atoms with E-state index >= 15 is 0 Å². The quantitative estimate of drug-likeness (QED) is 0.141. The molecule has 1 atom stereocenters. The third-order valence-electron chi connectivity index (χ3n) is 7.06. The number of rotatable bonds is 18. The Balaban J connectivity index is 3.09. The molecule has 12 heteroatoms. The minimum absolute atomic E-state index is 0.0177. The van der Waals surface area contributed by atoms with Crippen molar-refractivity contribution in [2.75, 3.05) is 32.9 Å². The molecule has 226 valence electrons. The predicted molar refractivity (Wildman–Crippen MR) is 156 cm³/mol. The number of nitrogens with one attached hydrogen (secondary N) is 4.